The molecule has 144 valence electrons. The van der Waals surface area contributed by atoms with Crippen molar-refractivity contribution in [2.24, 2.45) is 0 Å². The molecule has 1 heterocycles. The monoisotopic (exact) mass is 386 g/mol. The van der Waals surface area contributed by atoms with Crippen molar-refractivity contribution in [2.75, 3.05) is 18.0 Å². The molecule has 0 saturated heterocycles. The Morgan fingerprint density at radius 1 is 1.15 bits per heavy atom. The minimum Gasteiger partial charge on any atom is -0.308 e. The van der Waals surface area contributed by atoms with Crippen LogP contribution in [-0.2, 0) is 16.4 Å². The lowest BCUT2D eigenvalue weighted by Crippen LogP contribution is -2.35. The van der Waals surface area contributed by atoms with E-state index < -0.39 is 10.0 Å². The Morgan fingerprint density at radius 2 is 1.89 bits per heavy atom. The first-order valence-electron chi connectivity index (χ1n) is 9.43. The van der Waals surface area contributed by atoms with Gasteiger partial charge in [-0.25, -0.2) is 13.1 Å². The van der Waals surface area contributed by atoms with Crippen molar-refractivity contribution in [1.29, 1.82) is 0 Å². The smallest absolute Gasteiger partial charge is 0.258 e. The minimum atomic E-state index is -3.51. The van der Waals surface area contributed by atoms with Gasteiger partial charge in [-0.15, -0.1) is 0 Å². The molecule has 6 heteroatoms. The summed E-state index contributed by atoms with van der Waals surface area (Å²) in [6, 6.07) is 12.6. The van der Waals surface area contributed by atoms with Crippen molar-refractivity contribution in [2.45, 2.75) is 44.4 Å². The van der Waals surface area contributed by atoms with Gasteiger partial charge in [0.1, 0.15) is 0 Å². The van der Waals surface area contributed by atoms with Crippen molar-refractivity contribution in [3.05, 3.63) is 59.2 Å². The van der Waals surface area contributed by atoms with Crippen LogP contribution >= 0.6 is 0 Å². The second kappa shape index (κ2) is 8.23. The van der Waals surface area contributed by atoms with Crippen molar-refractivity contribution in [3.63, 3.8) is 0 Å². The lowest BCUT2D eigenvalue weighted by molar-refractivity contribution is 0.0985. The number of amides is 1. The molecule has 2 aromatic rings. The van der Waals surface area contributed by atoms with E-state index in [0.29, 0.717) is 18.7 Å². The standard InChI is InChI=1S/C21H26N2O3S/c1-3-4-13-22-27(25,26)19-11-12-20-18(15-19)6-5-14-23(20)21(24)17-9-7-16(2)8-10-17/h7-12,15,22H,3-6,13-14H2,1-2H3. The number of carbonyl (C=O) groups excluding carboxylic acids is 1. The number of anilines is 1. The Hall–Kier alpha value is -2.18. The molecule has 0 fully saturated rings. The van der Waals surface area contributed by atoms with Crippen molar-refractivity contribution in [3.8, 4) is 0 Å². The van der Waals surface area contributed by atoms with Crippen LogP contribution in [0.1, 0.15) is 47.7 Å². The first kappa shape index (κ1) is 19.6. The second-order valence-electron chi connectivity index (χ2n) is 6.97. The molecule has 27 heavy (non-hydrogen) atoms. The average molecular weight is 387 g/mol. The predicted octanol–water partition coefficient (Wildman–Crippen LogP) is 3.67. The molecule has 0 unspecified atom stereocenters. The molecule has 0 saturated carbocycles. The lowest BCUT2D eigenvalue weighted by atomic mass is 10.0. The summed E-state index contributed by atoms with van der Waals surface area (Å²) >= 11 is 0. The molecule has 2 aromatic carbocycles. The summed E-state index contributed by atoms with van der Waals surface area (Å²) in [5.74, 6) is -0.0485. The van der Waals surface area contributed by atoms with Gasteiger partial charge in [0.25, 0.3) is 5.91 Å². The summed E-state index contributed by atoms with van der Waals surface area (Å²) in [5.41, 5.74) is 3.46. The maximum Gasteiger partial charge on any atom is 0.258 e. The molecule has 1 N–H and O–H groups in total. The molecule has 3 rings (SSSR count). The van der Waals surface area contributed by atoms with E-state index in [1.807, 2.05) is 38.1 Å². The van der Waals surface area contributed by atoms with E-state index in [1.165, 1.54) is 0 Å². The van der Waals surface area contributed by atoms with E-state index in [4.69, 9.17) is 0 Å². The van der Waals surface area contributed by atoms with Crippen LogP contribution in [0.5, 0.6) is 0 Å². The largest absolute Gasteiger partial charge is 0.308 e. The van der Waals surface area contributed by atoms with E-state index in [2.05, 4.69) is 4.72 Å². The number of nitrogens with zero attached hydrogens (tertiary/aromatic N) is 1. The number of carbonyl (C=O) groups is 1. The summed E-state index contributed by atoms with van der Waals surface area (Å²) in [6.07, 6.45) is 3.33. The quantitative estimate of drug-likeness (QED) is 0.771. The maximum atomic E-state index is 12.9. The van der Waals surface area contributed by atoms with Crippen LogP contribution in [0.2, 0.25) is 0 Å². The van der Waals surface area contributed by atoms with E-state index in [9.17, 15) is 13.2 Å². The van der Waals surface area contributed by atoms with Gasteiger partial charge in [-0.2, -0.15) is 0 Å². The SMILES string of the molecule is CCCCNS(=O)(=O)c1ccc2c(c1)CCCN2C(=O)c1ccc(C)cc1. The Balaban J connectivity index is 1.86. The topological polar surface area (TPSA) is 66.5 Å². The molecular formula is C21H26N2O3S. The Bertz CT molecular complexity index is 921. The fourth-order valence-electron chi connectivity index (χ4n) is 3.27. The molecule has 0 aromatic heterocycles. The number of unbranched alkanes of at least 4 members (excludes halogenated alkanes) is 1. The molecule has 0 atom stereocenters. The second-order valence-corrected chi connectivity index (χ2v) is 8.74. The fraction of sp³-hybridized carbons (Fsp3) is 0.381. The summed E-state index contributed by atoms with van der Waals surface area (Å²) in [6.45, 7) is 5.09. The van der Waals surface area contributed by atoms with Gasteiger partial charge in [0.05, 0.1) is 4.90 Å². The first-order valence-corrected chi connectivity index (χ1v) is 10.9. The van der Waals surface area contributed by atoms with Crippen LogP contribution in [0, 0.1) is 6.92 Å². The number of benzene rings is 2. The van der Waals surface area contributed by atoms with E-state index >= 15 is 0 Å². The van der Waals surface area contributed by atoms with Gasteiger partial charge in [-0.05, 0) is 62.1 Å². The van der Waals surface area contributed by atoms with Crippen LogP contribution in [-0.4, -0.2) is 27.4 Å². The van der Waals surface area contributed by atoms with E-state index in [0.717, 1.165) is 42.5 Å². The highest BCUT2D eigenvalue weighted by Crippen LogP contribution is 2.30. The van der Waals surface area contributed by atoms with E-state index in [1.54, 1.807) is 23.1 Å². The summed E-state index contributed by atoms with van der Waals surface area (Å²) in [5, 5.41) is 0. The van der Waals surface area contributed by atoms with Crippen LogP contribution in [0.3, 0.4) is 0 Å². The van der Waals surface area contributed by atoms with Crippen LogP contribution in [0.4, 0.5) is 5.69 Å². The molecule has 1 aliphatic heterocycles. The molecule has 5 nitrogen and oxygen atoms in total. The summed E-state index contributed by atoms with van der Waals surface area (Å²) in [7, 11) is -3.51. The zero-order valence-electron chi connectivity index (χ0n) is 15.9. The highest BCUT2D eigenvalue weighted by Gasteiger charge is 2.25. The molecular weight excluding hydrogens is 360 g/mol. The fourth-order valence-corrected chi connectivity index (χ4v) is 4.39. The third-order valence-electron chi connectivity index (χ3n) is 4.85. The highest BCUT2D eigenvalue weighted by molar-refractivity contribution is 7.89. The maximum absolute atomic E-state index is 12.9. The molecule has 1 aliphatic rings. The minimum absolute atomic E-state index is 0.0485. The number of aryl methyl sites for hydroxylation is 2. The first-order chi connectivity index (χ1) is 12.9. The Morgan fingerprint density at radius 3 is 2.59 bits per heavy atom. The molecule has 0 spiro atoms. The zero-order chi connectivity index (χ0) is 19.4. The zero-order valence-corrected chi connectivity index (χ0v) is 16.7. The molecule has 0 radical (unpaired) electrons. The number of fused-ring (bicyclic) bond motifs is 1. The lowest BCUT2D eigenvalue weighted by Gasteiger charge is -2.30. The van der Waals surface area contributed by atoms with Crippen LogP contribution < -0.4 is 9.62 Å². The van der Waals surface area contributed by atoms with Gasteiger partial charge in [0.2, 0.25) is 10.0 Å². The summed E-state index contributed by atoms with van der Waals surface area (Å²) in [4.78, 5) is 14.9. The van der Waals surface area contributed by atoms with E-state index in [-0.39, 0.29) is 10.8 Å². The van der Waals surface area contributed by atoms with Crippen LogP contribution in [0.15, 0.2) is 47.4 Å². The predicted molar refractivity (Wildman–Crippen MR) is 108 cm³/mol. The van der Waals surface area contributed by atoms with Gasteiger partial charge in [-0.3, -0.25) is 4.79 Å². The van der Waals surface area contributed by atoms with Gasteiger partial charge >= 0.3 is 0 Å². The highest BCUT2D eigenvalue weighted by atomic mass is 32.2. The number of rotatable bonds is 6. The number of sulfonamides is 1. The normalized spacial score (nSPS) is 14.1. The van der Waals surface area contributed by atoms with Gasteiger partial charge in [0.15, 0.2) is 0 Å². The molecule has 0 aliphatic carbocycles. The molecule has 1 amide bonds. The average Bonchev–Trinajstić information content (AvgIpc) is 2.67. The third-order valence-corrected chi connectivity index (χ3v) is 6.30. The van der Waals surface area contributed by atoms with Crippen molar-refractivity contribution in [1.82, 2.24) is 4.72 Å². The molecule has 0 bridgehead atoms. The van der Waals surface area contributed by atoms with Gasteiger partial charge in [-0.1, -0.05) is 31.0 Å². The Labute approximate surface area is 161 Å². The van der Waals surface area contributed by atoms with Crippen LogP contribution in [0.25, 0.3) is 0 Å². The number of hydrogen-bond acceptors (Lipinski definition) is 3. The number of hydrogen-bond donors (Lipinski definition) is 1. The van der Waals surface area contributed by atoms with Gasteiger partial charge < -0.3 is 4.90 Å². The van der Waals surface area contributed by atoms with Crippen molar-refractivity contribution < 1.29 is 13.2 Å². The van der Waals surface area contributed by atoms with Crippen molar-refractivity contribution >= 4 is 21.6 Å². The third kappa shape index (κ3) is 4.39. The Kier molecular flexibility index (Phi) is 5.97. The number of nitrogens with one attached hydrogen (secondary N) is 1. The summed E-state index contributed by atoms with van der Waals surface area (Å²) < 4.78 is 27.6. The van der Waals surface area contributed by atoms with Gasteiger partial charge in [0, 0.05) is 24.3 Å².